The molecule has 0 bridgehead atoms. The van der Waals surface area contributed by atoms with Gasteiger partial charge in [0.2, 0.25) is 5.91 Å². The molecule has 0 radical (unpaired) electrons. The Kier molecular flexibility index (Phi) is 5.46. The Hall–Kier alpha value is -2.55. The Bertz CT molecular complexity index is 754. The number of carbonyl (C=O) groups is 4. The number of thioether (sulfide) groups is 1. The number of urea groups is 1. The Morgan fingerprint density at radius 3 is 2.85 bits per heavy atom. The summed E-state index contributed by atoms with van der Waals surface area (Å²) in [6.07, 6.45) is 1.99. The molecule has 0 unspecified atom stereocenters. The van der Waals surface area contributed by atoms with E-state index in [-0.39, 0.29) is 25.4 Å². The van der Waals surface area contributed by atoms with Crippen LogP contribution in [0.2, 0.25) is 0 Å². The zero-order valence-electron chi connectivity index (χ0n) is 14.3. The predicted molar refractivity (Wildman–Crippen MR) is 94.8 cm³/mol. The maximum atomic E-state index is 12.3. The minimum atomic E-state index is -0.624. The molecule has 138 valence electrons. The van der Waals surface area contributed by atoms with Crippen molar-refractivity contribution in [2.75, 3.05) is 37.4 Å². The molecular formula is C17H19N3O5S. The van der Waals surface area contributed by atoms with Crippen molar-refractivity contribution in [3.63, 3.8) is 0 Å². The van der Waals surface area contributed by atoms with Gasteiger partial charge >= 0.3 is 12.0 Å². The van der Waals surface area contributed by atoms with Crippen molar-refractivity contribution in [3.05, 3.63) is 24.3 Å². The minimum absolute atomic E-state index is 0.0424. The average Bonchev–Trinajstić information content (AvgIpc) is 3.25. The summed E-state index contributed by atoms with van der Waals surface area (Å²) in [6, 6.07) is 7.04. The molecule has 2 aliphatic heterocycles. The molecule has 9 heteroatoms. The van der Waals surface area contributed by atoms with Crippen LogP contribution in [0, 0.1) is 5.92 Å². The molecule has 1 atom stereocenters. The Morgan fingerprint density at radius 1 is 1.35 bits per heavy atom. The molecule has 8 nitrogen and oxygen atoms in total. The molecule has 2 aliphatic rings. The first-order chi connectivity index (χ1) is 12.5. The van der Waals surface area contributed by atoms with Crippen LogP contribution >= 0.6 is 11.8 Å². The molecule has 1 N–H and O–H groups in total. The van der Waals surface area contributed by atoms with E-state index in [9.17, 15) is 19.2 Å². The quantitative estimate of drug-likeness (QED) is 0.604. The van der Waals surface area contributed by atoms with E-state index in [2.05, 4.69) is 5.32 Å². The normalized spacial score (nSPS) is 19.7. The first-order valence-corrected chi connectivity index (χ1v) is 9.41. The summed E-state index contributed by atoms with van der Waals surface area (Å²) >= 11 is 1.57. The fraction of sp³-hybridized carbons (Fsp3) is 0.412. The van der Waals surface area contributed by atoms with E-state index in [0.29, 0.717) is 6.54 Å². The molecule has 2 fully saturated rings. The van der Waals surface area contributed by atoms with E-state index in [4.69, 9.17) is 4.74 Å². The fourth-order valence-corrected chi connectivity index (χ4v) is 3.38. The van der Waals surface area contributed by atoms with Crippen LogP contribution < -0.4 is 10.2 Å². The van der Waals surface area contributed by atoms with Gasteiger partial charge < -0.3 is 15.0 Å². The molecule has 3 rings (SSSR count). The first kappa shape index (κ1) is 18.2. The molecular weight excluding hydrogens is 358 g/mol. The summed E-state index contributed by atoms with van der Waals surface area (Å²) in [5, 5.41) is 2.50. The molecule has 0 aromatic heterocycles. The van der Waals surface area contributed by atoms with Gasteiger partial charge in [-0.15, -0.1) is 11.8 Å². The molecule has 2 heterocycles. The van der Waals surface area contributed by atoms with Crippen molar-refractivity contribution in [2.24, 2.45) is 5.92 Å². The Morgan fingerprint density at radius 2 is 2.15 bits per heavy atom. The Balaban J connectivity index is 1.56. The summed E-state index contributed by atoms with van der Waals surface area (Å²) in [6.45, 7) is 0.364. The van der Waals surface area contributed by atoms with Gasteiger partial charge in [-0.25, -0.2) is 4.79 Å². The van der Waals surface area contributed by atoms with Crippen LogP contribution in [0.15, 0.2) is 29.2 Å². The van der Waals surface area contributed by atoms with Gasteiger partial charge in [0.1, 0.15) is 0 Å². The van der Waals surface area contributed by atoms with E-state index < -0.39 is 30.4 Å². The van der Waals surface area contributed by atoms with Crippen molar-refractivity contribution >= 4 is 41.3 Å². The average molecular weight is 377 g/mol. The number of amides is 4. The molecule has 2 saturated heterocycles. The summed E-state index contributed by atoms with van der Waals surface area (Å²) < 4.78 is 5.03. The van der Waals surface area contributed by atoms with Gasteiger partial charge in [0, 0.05) is 36.6 Å². The van der Waals surface area contributed by atoms with E-state index in [1.807, 2.05) is 30.5 Å². The number of hydrogen-bond donors (Lipinski definition) is 1. The Labute approximate surface area is 154 Å². The lowest BCUT2D eigenvalue weighted by molar-refractivity contribution is -0.154. The van der Waals surface area contributed by atoms with Gasteiger partial charge in [-0.05, 0) is 24.5 Å². The van der Waals surface area contributed by atoms with Gasteiger partial charge in [0.15, 0.2) is 6.61 Å². The number of carbonyl (C=O) groups excluding carboxylic acids is 4. The number of imide groups is 1. The standard InChI is InChI=1S/C17H19N3O5S/c1-26-13-4-2-3-12(8-13)20-9-11(7-14(20)21)16(23)25-10-15(22)19-6-5-18-17(19)24/h2-4,8,11H,5-7,9-10H2,1H3,(H,18,24)/t11-/m1/s1. The van der Waals surface area contributed by atoms with Gasteiger partial charge in [0.05, 0.1) is 5.92 Å². The third-order valence-corrected chi connectivity index (χ3v) is 5.04. The largest absolute Gasteiger partial charge is 0.455 e. The monoisotopic (exact) mass is 377 g/mol. The third kappa shape index (κ3) is 3.82. The van der Waals surface area contributed by atoms with Crippen molar-refractivity contribution in [1.82, 2.24) is 10.2 Å². The number of anilines is 1. The van der Waals surface area contributed by atoms with E-state index in [1.165, 1.54) is 0 Å². The van der Waals surface area contributed by atoms with Crippen molar-refractivity contribution < 1.29 is 23.9 Å². The topological polar surface area (TPSA) is 96.0 Å². The zero-order valence-corrected chi connectivity index (χ0v) is 15.1. The maximum Gasteiger partial charge on any atom is 0.324 e. The smallest absolute Gasteiger partial charge is 0.324 e. The van der Waals surface area contributed by atoms with Crippen molar-refractivity contribution in [3.8, 4) is 0 Å². The number of nitrogens with zero attached hydrogens (tertiary/aromatic N) is 2. The molecule has 4 amide bonds. The summed E-state index contributed by atoms with van der Waals surface area (Å²) in [7, 11) is 0. The lowest BCUT2D eigenvalue weighted by Crippen LogP contribution is -2.38. The second-order valence-corrected chi connectivity index (χ2v) is 6.87. The van der Waals surface area contributed by atoms with Crippen LogP contribution in [0.1, 0.15) is 6.42 Å². The molecule has 1 aromatic rings. The van der Waals surface area contributed by atoms with Crippen molar-refractivity contribution in [1.29, 1.82) is 0 Å². The molecule has 1 aromatic carbocycles. The highest BCUT2D eigenvalue weighted by Crippen LogP contribution is 2.28. The predicted octanol–water partition coefficient (Wildman–Crippen LogP) is 0.856. The minimum Gasteiger partial charge on any atom is -0.455 e. The highest BCUT2D eigenvalue weighted by atomic mass is 32.2. The van der Waals surface area contributed by atoms with E-state index >= 15 is 0 Å². The van der Waals surface area contributed by atoms with Crippen molar-refractivity contribution in [2.45, 2.75) is 11.3 Å². The number of ether oxygens (including phenoxy) is 1. The summed E-state index contributed by atoms with van der Waals surface area (Å²) in [5.74, 6) is -1.95. The summed E-state index contributed by atoms with van der Waals surface area (Å²) in [4.78, 5) is 51.4. The van der Waals surface area contributed by atoms with Crippen LogP contribution in [0.25, 0.3) is 0 Å². The molecule has 0 aliphatic carbocycles. The second kappa shape index (κ2) is 7.77. The number of nitrogens with one attached hydrogen (secondary N) is 1. The van der Waals surface area contributed by atoms with Crippen LogP contribution in [0.5, 0.6) is 0 Å². The fourth-order valence-electron chi connectivity index (χ4n) is 2.93. The van der Waals surface area contributed by atoms with Crippen LogP contribution in [0.3, 0.4) is 0 Å². The first-order valence-electron chi connectivity index (χ1n) is 8.19. The zero-order chi connectivity index (χ0) is 18.7. The highest BCUT2D eigenvalue weighted by Gasteiger charge is 2.37. The van der Waals surface area contributed by atoms with Crippen LogP contribution in [-0.2, 0) is 19.1 Å². The number of benzene rings is 1. The maximum absolute atomic E-state index is 12.3. The third-order valence-electron chi connectivity index (χ3n) is 4.32. The van der Waals surface area contributed by atoms with E-state index in [0.717, 1.165) is 15.5 Å². The van der Waals surface area contributed by atoms with Crippen LogP contribution in [0.4, 0.5) is 10.5 Å². The number of hydrogen-bond acceptors (Lipinski definition) is 6. The SMILES string of the molecule is CSc1cccc(N2C[C@H](C(=O)OCC(=O)N3CCNC3=O)CC2=O)c1. The van der Waals surface area contributed by atoms with Gasteiger partial charge in [-0.2, -0.15) is 0 Å². The van der Waals surface area contributed by atoms with Crippen LogP contribution in [-0.4, -0.2) is 61.2 Å². The number of esters is 1. The lowest BCUT2D eigenvalue weighted by Gasteiger charge is -2.17. The molecule has 26 heavy (non-hydrogen) atoms. The van der Waals surface area contributed by atoms with Gasteiger partial charge in [-0.3, -0.25) is 19.3 Å². The highest BCUT2D eigenvalue weighted by molar-refractivity contribution is 7.98. The summed E-state index contributed by atoms with van der Waals surface area (Å²) in [5.41, 5.74) is 0.738. The van der Waals surface area contributed by atoms with Gasteiger partial charge in [0.25, 0.3) is 5.91 Å². The second-order valence-electron chi connectivity index (χ2n) is 5.99. The lowest BCUT2D eigenvalue weighted by atomic mass is 10.1. The number of rotatable bonds is 5. The molecule has 0 saturated carbocycles. The van der Waals surface area contributed by atoms with Gasteiger partial charge in [-0.1, -0.05) is 6.07 Å². The van der Waals surface area contributed by atoms with E-state index in [1.54, 1.807) is 16.7 Å². The molecule has 0 spiro atoms.